The van der Waals surface area contributed by atoms with Crippen LogP contribution in [0.1, 0.15) is 38.3 Å². The molecule has 18 heavy (non-hydrogen) atoms. The SMILES string of the molecule is CCNC(CCCOCC)c1c(F)cccc1F. The van der Waals surface area contributed by atoms with Gasteiger partial charge in [0.15, 0.2) is 0 Å². The van der Waals surface area contributed by atoms with Gasteiger partial charge in [0.1, 0.15) is 11.6 Å². The van der Waals surface area contributed by atoms with Crippen LogP contribution in [0.25, 0.3) is 0 Å². The molecule has 1 unspecified atom stereocenters. The Hall–Kier alpha value is -1.00. The van der Waals surface area contributed by atoms with Crippen LogP contribution in [0.15, 0.2) is 18.2 Å². The maximum atomic E-state index is 13.7. The number of hydrogen-bond acceptors (Lipinski definition) is 2. The Morgan fingerprint density at radius 1 is 1.22 bits per heavy atom. The van der Waals surface area contributed by atoms with E-state index in [0.29, 0.717) is 26.2 Å². The fourth-order valence-corrected chi connectivity index (χ4v) is 1.97. The number of rotatable bonds is 8. The fraction of sp³-hybridized carbons (Fsp3) is 0.571. The van der Waals surface area contributed by atoms with Gasteiger partial charge in [-0.2, -0.15) is 0 Å². The molecule has 0 saturated carbocycles. The molecule has 0 amide bonds. The molecule has 2 nitrogen and oxygen atoms in total. The Morgan fingerprint density at radius 3 is 2.44 bits per heavy atom. The molecule has 1 rings (SSSR count). The van der Waals surface area contributed by atoms with E-state index in [2.05, 4.69) is 5.32 Å². The Bertz CT molecular complexity index is 337. The highest BCUT2D eigenvalue weighted by Gasteiger charge is 2.18. The highest BCUT2D eigenvalue weighted by molar-refractivity contribution is 5.23. The van der Waals surface area contributed by atoms with Gasteiger partial charge < -0.3 is 10.1 Å². The first kappa shape index (κ1) is 15.1. The molecule has 1 aromatic rings. The zero-order valence-corrected chi connectivity index (χ0v) is 11.0. The molecule has 0 bridgehead atoms. The van der Waals surface area contributed by atoms with Crippen molar-refractivity contribution in [2.75, 3.05) is 19.8 Å². The summed E-state index contributed by atoms with van der Waals surface area (Å²) in [7, 11) is 0. The van der Waals surface area contributed by atoms with Crippen molar-refractivity contribution in [2.45, 2.75) is 32.7 Å². The highest BCUT2D eigenvalue weighted by atomic mass is 19.1. The third-order valence-corrected chi connectivity index (χ3v) is 2.78. The molecule has 0 heterocycles. The van der Waals surface area contributed by atoms with Crippen LogP contribution in [-0.4, -0.2) is 19.8 Å². The first-order chi connectivity index (χ1) is 8.70. The van der Waals surface area contributed by atoms with E-state index in [9.17, 15) is 8.78 Å². The van der Waals surface area contributed by atoms with Crippen molar-refractivity contribution in [1.29, 1.82) is 0 Å². The molecule has 4 heteroatoms. The van der Waals surface area contributed by atoms with Gasteiger partial charge in [-0.3, -0.25) is 0 Å². The van der Waals surface area contributed by atoms with E-state index in [0.717, 1.165) is 6.42 Å². The van der Waals surface area contributed by atoms with Gasteiger partial charge in [-0.25, -0.2) is 8.78 Å². The van der Waals surface area contributed by atoms with Crippen LogP contribution in [0.2, 0.25) is 0 Å². The molecule has 0 aliphatic rings. The first-order valence-corrected chi connectivity index (χ1v) is 6.45. The number of hydrogen-bond donors (Lipinski definition) is 1. The van der Waals surface area contributed by atoms with Gasteiger partial charge in [0, 0.05) is 24.8 Å². The van der Waals surface area contributed by atoms with E-state index in [-0.39, 0.29) is 11.6 Å². The summed E-state index contributed by atoms with van der Waals surface area (Å²) in [5.41, 5.74) is 0.135. The number of ether oxygens (including phenoxy) is 1. The molecule has 0 aromatic heterocycles. The molecular weight excluding hydrogens is 236 g/mol. The van der Waals surface area contributed by atoms with E-state index in [1.165, 1.54) is 18.2 Å². The lowest BCUT2D eigenvalue weighted by Gasteiger charge is -2.19. The van der Waals surface area contributed by atoms with E-state index >= 15 is 0 Å². The van der Waals surface area contributed by atoms with Crippen molar-refractivity contribution in [3.8, 4) is 0 Å². The zero-order valence-electron chi connectivity index (χ0n) is 11.0. The Labute approximate surface area is 107 Å². The van der Waals surface area contributed by atoms with Crippen LogP contribution >= 0.6 is 0 Å². The van der Waals surface area contributed by atoms with Crippen molar-refractivity contribution in [1.82, 2.24) is 5.32 Å². The summed E-state index contributed by atoms with van der Waals surface area (Å²) >= 11 is 0. The minimum Gasteiger partial charge on any atom is -0.382 e. The summed E-state index contributed by atoms with van der Waals surface area (Å²) in [5, 5.41) is 3.12. The molecule has 0 radical (unpaired) electrons. The van der Waals surface area contributed by atoms with Crippen molar-refractivity contribution < 1.29 is 13.5 Å². The van der Waals surface area contributed by atoms with Gasteiger partial charge >= 0.3 is 0 Å². The van der Waals surface area contributed by atoms with E-state index in [1.54, 1.807) is 0 Å². The van der Waals surface area contributed by atoms with Crippen LogP contribution in [0, 0.1) is 11.6 Å². The molecule has 1 atom stereocenters. The second-order valence-corrected chi connectivity index (χ2v) is 4.08. The number of halogens is 2. The molecule has 0 aliphatic heterocycles. The van der Waals surface area contributed by atoms with E-state index in [4.69, 9.17) is 4.74 Å². The van der Waals surface area contributed by atoms with Crippen molar-refractivity contribution in [3.63, 3.8) is 0 Å². The van der Waals surface area contributed by atoms with Gasteiger partial charge in [-0.1, -0.05) is 13.0 Å². The van der Waals surface area contributed by atoms with Crippen LogP contribution in [-0.2, 0) is 4.74 Å². The summed E-state index contributed by atoms with van der Waals surface area (Å²) in [4.78, 5) is 0. The average molecular weight is 257 g/mol. The molecule has 1 aromatic carbocycles. The molecule has 102 valence electrons. The number of benzene rings is 1. The molecule has 0 saturated heterocycles. The monoisotopic (exact) mass is 257 g/mol. The van der Waals surface area contributed by atoms with Gasteiger partial charge in [0.25, 0.3) is 0 Å². The lowest BCUT2D eigenvalue weighted by atomic mass is 10.0. The molecule has 0 aliphatic carbocycles. The van der Waals surface area contributed by atoms with Crippen LogP contribution in [0.4, 0.5) is 8.78 Å². The van der Waals surface area contributed by atoms with Gasteiger partial charge in [-0.15, -0.1) is 0 Å². The Kier molecular flexibility index (Phi) is 6.83. The smallest absolute Gasteiger partial charge is 0.130 e. The molecular formula is C14H21F2NO. The topological polar surface area (TPSA) is 21.3 Å². The fourth-order valence-electron chi connectivity index (χ4n) is 1.97. The lowest BCUT2D eigenvalue weighted by molar-refractivity contribution is 0.140. The quantitative estimate of drug-likeness (QED) is 0.720. The molecule has 1 N–H and O–H groups in total. The molecule has 0 spiro atoms. The van der Waals surface area contributed by atoms with Crippen LogP contribution in [0.3, 0.4) is 0 Å². The third kappa shape index (κ3) is 4.35. The second kappa shape index (κ2) is 8.16. The summed E-state index contributed by atoms with van der Waals surface area (Å²) in [6.45, 7) is 5.81. The minimum atomic E-state index is -0.489. The zero-order chi connectivity index (χ0) is 13.4. The van der Waals surface area contributed by atoms with Crippen molar-refractivity contribution in [2.24, 2.45) is 0 Å². The van der Waals surface area contributed by atoms with Gasteiger partial charge in [0.2, 0.25) is 0 Å². The maximum Gasteiger partial charge on any atom is 0.130 e. The number of nitrogens with one attached hydrogen (secondary N) is 1. The standard InChI is InChI=1S/C14H21F2NO/c1-3-17-13(9-6-10-18-4-2)14-11(15)7-5-8-12(14)16/h5,7-8,13,17H,3-4,6,9-10H2,1-2H3. The normalized spacial score (nSPS) is 12.7. The van der Waals surface area contributed by atoms with Crippen LogP contribution < -0.4 is 5.32 Å². The first-order valence-electron chi connectivity index (χ1n) is 6.45. The lowest BCUT2D eigenvalue weighted by Crippen LogP contribution is -2.23. The van der Waals surface area contributed by atoms with Crippen LogP contribution in [0.5, 0.6) is 0 Å². The van der Waals surface area contributed by atoms with Gasteiger partial charge in [-0.05, 0) is 38.4 Å². The Balaban J connectivity index is 2.71. The van der Waals surface area contributed by atoms with E-state index < -0.39 is 11.6 Å². The predicted octanol–water partition coefficient (Wildman–Crippen LogP) is 3.43. The summed E-state index contributed by atoms with van der Waals surface area (Å²) in [5.74, 6) is -0.977. The molecule has 0 fully saturated rings. The second-order valence-electron chi connectivity index (χ2n) is 4.08. The van der Waals surface area contributed by atoms with Crippen molar-refractivity contribution in [3.05, 3.63) is 35.4 Å². The summed E-state index contributed by atoms with van der Waals surface area (Å²) < 4.78 is 32.6. The van der Waals surface area contributed by atoms with Crippen molar-refractivity contribution >= 4 is 0 Å². The largest absolute Gasteiger partial charge is 0.382 e. The average Bonchev–Trinajstić information content (AvgIpc) is 2.34. The summed E-state index contributed by atoms with van der Waals surface area (Å²) in [6.07, 6.45) is 1.44. The van der Waals surface area contributed by atoms with E-state index in [1.807, 2.05) is 13.8 Å². The maximum absolute atomic E-state index is 13.7. The Morgan fingerprint density at radius 2 is 1.89 bits per heavy atom. The summed E-state index contributed by atoms with van der Waals surface area (Å²) in [6, 6.07) is 3.69. The third-order valence-electron chi connectivity index (χ3n) is 2.78. The van der Waals surface area contributed by atoms with Gasteiger partial charge in [0.05, 0.1) is 0 Å². The predicted molar refractivity (Wildman–Crippen MR) is 68.5 cm³/mol. The highest BCUT2D eigenvalue weighted by Crippen LogP contribution is 2.24. The minimum absolute atomic E-state index is 0.135.